The van der Waals surface area contributed by atoms with E-state index in [1.165, 1.54) is 22.7 Å². The SMILES string of the molecule is Cc1nc(NC(=O)c2cc(COc3ccc(Cl)cc3)cs2)sc1C. The first-order chi connectivity index (χ1) is 11.5. The second-order valence-electron chi connectivity index (χ2n) is 5.18. The van der Waals surface area contributed by atoms with Crippen molar-refractivity contribution in [2.45, 2.75) is 20.5 Å². The molecule has 124 valence electrons. The Morgan fingerprint density at radius 1 is 1.29 bits per heavy atom. The molecule has 7 heteroatoms. The van der Waals surface area contributed by atoms with E-state index in [0.29, 0.717) is 21.6 Å². The van der Waals surface area contributed by atoms with Crippen LogP contribution in [0, 0.1) is 13.8 Å². The Morgan fingerprint density at radius 3 is 2.71 bits per heavy atom. The number of hydrogen-bond acceptors (Lipinski definition) is 5. The third-order valence-corrected chi connectivity index (χ3v) is 5.56. The normalized spacial score (nSPS) is 10.6. The molecule has 4 nitrogen and oxygen atoms in total. The van der Waals surface area contributed by atoms with Crippen molar-refractivity contribution < 1.29 is 9.53 Å². The van der Waals surface area contributed by atoms with Gasteiger partial charge in [-0.25, -0.2) is 4.98 Å². The fourth-order valence-electron chi connectivity index (χ4n) is 1.95. The lowest BCUT2D eigenvalue weighted by molar-refractivity contribution is 0.103. The summed E-state index contributed by atoms with van der Waals surface area (Å²) in [5.74, 6) is 0.594. The largest absolute Gasteiger partial charge is 0.489 e. The Balaban J connectivity index is 1.60. The van der Waals surface area contributed by atoms with Gasteiger partial charge in [0.2, 0.25) is 0 Å². The number of nitrogens with zero attached hydrogens (tertiary/aromatic N) is 1. The Hall–Kier alpha value is -1.89. The minimum Gasteiger partial charge on any atom is -0.489 e. The molecule has 0 saturated carbocycles. The molecule has 0 aliphatic heterocycles. The zero-order chi connectivity index (χ0) is 17.1. The maximum atomic E-state index is 12.3. The first-order valence-corrected chi connectivity index (χ1v) is 9.30. The average Bonchev–Trinajstić information content (AvgIpc) is 3.14. The molecule has 0 aliphatic rings. The lowest BCUT2D eigenvalue weighted by Crippen LogP contribution is -2.09. The van der Waals surface area contributed by atoms with Crippen LogP contribution in [-0.4, -0.2) is 10.9 Å². The minimum absolute atomic E-state index is 0.147. The molecule has 0 saturated heterocycles. The molecule has 1 N–H and O–H groups in total. The molecule has 2 heterocycles. The number of rotatable bonds is 5. The van der Waals surface area contributed by atoms with Gasteiger partial charge in [0.1, 0.15) is 12.4 Å². The third kappa shape index (κ3) is 4.14. The molecule has 2 aromatic heterocycles. The molecule has 0 fully saturated rings. The van der Waals surface area contributed by atoms with Gasteiger partial charge < -0.3 is 4.74 Å². The van der Waals surface area contributed by atoms with E-state index in [9.17, 15) is 4.79 Å². The molecular weight excluding hydrogens is 364 g/mol. The summed E-state index contributed by atoms with van der Waals surface area (Å²) in [7, 11) is 0. The molecule has 0 bridgehead atoms. The van der Waals surface area contributed by atoms with Gasteiger partial charge in [-0.2, -0.15) is 0 Å². The zero-order valence-corrected chi connectivity index (χ0v) is 15.5. The first kappa shape index (κ1) is 17.0. The lowest BCUT2D eigenvalue weighted by Gasteiger charge is -2.04. The highest BCUT2D eigenvalue weighted by Crippen LogP contribution is 2.24. The van der Waals surface area contributed by atoms with Gasteiger partial charge in [0.15, 0.2) is 5.13 Å². The summed E-state index contributed by atoms with van der Waals surface area (Å²) in [6.45, 7) is 4.32. The second kappa shape index (κ2) is 7.34. The summed E-state index contributed by atoms with van der Waals surface area (Å²) in [5.41, 5.74) is 1.89. The molecule has 0 spiro atoms. The average molecular weight is 379 g/mol. The highest BCUT2D eigenvalue weighted by molar-refractivity contribution is 7.16. The smallest absolute Gasteiger partial charge is 0.267 e. The van der Waals surface area contributed by atoms with Crippen LogP contribution in [0.15, 0.2) is 35.7 Å². The Morgan fingerprint density at radius 2 is 2.04 bits per heavy atom. The van der Waals surface area contributed by atoms with Gasteiger partial charge in [0, 0.05) is 15.5 Å². The summed E-state index contributed by atoms with van der Waals surface area (Å²) in [4.78, 5) is 18.3. The molecule has 1 aromatic carbocycles. The van der Waals surface area contributed by atoms with Crippen molar-refractivity contribution >= 4 is 45.3 Å². The van der Waals surface area contributed by atoms with Crippen molar-refractivity contribution in [2.24, 2.45) is 0 Å². The van der Waals surface area contributed by atoms with Gasteiger partial charge in [-0.15, -0.1) is 22.7 Å². The Labute approximate surface area is 153 Å². The number of anilines is 1. The number of ether oxygens (including phenoxy) is 1. The fraction of sp³-hybridized carbons (Fsp3) is 0.176. The van der Waals surface area contributed by atoms with Crippen molar-refractivity contribution in [3.05, 3.63) is 61.7 Å². The van der Waals surface area contributed by atoms with E-state index in [1.807, 2.05) is 37.4 Å². The number of amides is 1. The zero-order valence-electron chi connectivity index (χ0n) is 13.1. The van der Waals surface area contributed by atoms with Gasteiger partial charge in [0.05, 0.1) is 10.6 Å². The summed E-state index contributed by atoms with van der Waals surface area (Å²) in [5, 5.41) is 6.05. The number of aryl methyl sites for hydroxylation is 2. The van der Waals surface area contributed by atoms with Crippen molar-refractivity contribution in [3.63, 3.8) is 0 Å². The highest BCUT2D eigenvalue weighted by Gasteiger charge is 2.12. The highest BCUT2D eigenvalue weighted by atomic mass is 35.5. The number of halogens is 1. The molecule has 1 amide bonds. The fourth-order valence-corrected chi connectivity index (χ4v) is 3.68. The van der Waals surface area contributed by atoms with Gasteiger partial charge in [0.25, 0.3) is 5.91 Å². The standard InChI is InChI=1S/C17H15ClN2O2S2/c1-10-11(2)24-17(19-10)20-16(21)15-7-12(9-23-15)8-22-14-5-3-13(18)4-6-14/h3-7,9H,8H2,1-2H3,(H,19,20,21). The number of thiophene rings is 1. The predicted molar refractivity (Wildman–Crippen MR) is 99.6 cm³/mol. The summed E-state index contributed by atoms with van der Waals surface area (Å²) < 4.78 is 5.68. The second-order valence-corrected chi connectivity index (χ2v) is 7.73. The molecule has 0 atom stereocenters. The van der Waals surface area contributed by atoms with Crippen LogP contribution in [0.4, 0.5) is 5.13 Å². The number of carbonyl (C=O) groups is 1. The number of aromatic nitrogens is 1. The quantitative estimate of drug-likeness (QED) is 0.654. The monoisotopic (exact) mass is 378 g/mol. The van der Waals surface area contributed by atoms with Crippen LogP contribution >= 0.6 is 34.3 Å². The Kier molecular flexibility index (Phi) is 5.18. The maximum Gasteiger partial charge on any atom is 0.267 e. The van der Waals surface area contributed by atoms with Gasteiger partial charge in [-0.05, 0) is 49.6 Å². The predicted octanol–water partition coefficient (Wildman–Crippen LogP) is 5.31. The third-order valence-electron chi connectivity index (χ3n) is 3.35. The molecule has 24 heavy (non-hydrogen) atoms. The van der Waals surface area contributed by atoms with E-state index in [1.54, 1.807) is 12.1 Å². The summed E-state index contributed by atoms with van der Waals surface area (Å²) in [6, 6.07) is 9.02. The molecular formula is C17H15ClN2O2S2. The first-order valence-electron chi connectivity index (χ1n) is 7.22. The van der Waals surface area contributed by atoms with Crippen molar-refractivity contribution in [1.29, 1.82) is 0 Å². The molecule has 0 radical (unpaired) electrons. The van der Waals surface area contributed by atoms with E-state index in [0.717, 1.165) is 21.9 Å². The van der Waals surface area contributed by atoms with E-state index in [4.69, 9.17) is 16.3 Å². The topological polar surface area (TPSA) is 51.2 Å². The van der Waals surface area contributed by atoms with Crippen LogP contribution in [0.3, 0.4) is 0 Å². The summed E-state index contributed by atoms with van der Waals surface area (Å²) >= 11 is 8.71. The van der Waals surface area contributed by atoms with E-state index >= 15 is 0 Å². The van der Waals surface area contributed by atoms with E-state index in [2.05, 4.69) is 10.3 Å². The van der Waals surface area contributed by atoms with Crippen LogP contribution in [0.25, 0.3) is 0 Å². The van der Waals surface area contributed by atoms with Gasteiger partial charge in [-0.3, -0.25) is 10.1 Å². The molecule has 0 aliphatic carbocycles. The summed E-state index contributed by atoms with van der Waals surface area (Å²) in [6.07, 6.45) is 0. The van der Waals surface area contributed by atoms with Crippen LogP contribution in [0.5, 0.6) is 5.75 Å². The number of thiazole rings is 1. The number of hydrogen-bond donors (Lipinski definition) is 1. The van der Waals surface area contributed by atoms with Crippen molar-refractivity contribution in [1.82, 2.24) is 4.98 Å². The number of nitrogens with one attached hydrogen (secondary N) is 1. The van der Waals surface area contributed by atoms with Crippen LogP contribution < -0.4 is 10.1 Å². The van der Waals surface area contributed by atoms with Gasteiger partial charge in [-0.1, -0.05) is 11.6 Å². The van der Waals surface area contributed by atoms with Crippen LogP contribution in [0.2, 0.25) is 5.02 Å². The van der Waals surface area contributed by atoms with Crippen molar-refractivity contribution in [3.8, 4) is 5.75 Å². The van der Waals surface area contributed by atoms with Gasteiger partial charge >= 0.3 is 0 Å². The minimum atomic E-state index is -0.147. The number of carbonyl (C=O) groups excluding carboxylic acids is 1. The van der Waals surface area contributed by atoms with E-state index in [-0.39, 0.29) is 5.91 Å². The van der Waals surface area contributed by atoms with Crippen LogP contribution in [0.1, 0.15) is 25.8 Å². The van der Waals surface area contributed by atoms with Crippen LogP contribution in [-0.2, 0) is 6.61 Å². The van der Waals surface area contributed by atoms with E-state index < -0.39 is 0 Å². The van der Waals surface area contributed by atoms with Crippen molar-refractivity contribution in [2.75, 3.05) is 5.32 Å². The molecule has 3 aromatic rings. The number of benzene rings is 1. The lowest BCUT2D eigenvalue weighted by atomic mass is 10.3. The Bertz CT molecular complexity index is 836. The maximum absolute atomic E-state index is 12.3. The molecule has 0 unspecified atom stereocenters. The molecule has 3 rings (SSSR count).